The number of carbonyl (C=O) groups is 2. The van der Waals surface area contributed by atoms with Crippen molar-refractivity contribution in [2.45, 2.75) is 26.4 Å². The van der Waals surface area contributed by atoms with Crippen LogP contribution in [-0.4, -0.2) is 29.6 Å². The topological polar surface area (TPSA) is 120 Å². The van der Waals surface area contributed by atoms with Crippen molar-refractivity contribution >= 4 is 29.1 Å². The quantitative estimate of drug-likeness (QED) is 0.511. The molecule has 0 radical (unpaired) electrons. The van der Waals surface area contributed by atoms with Gasteiger partial charge in [-0.3, -0.25) is 19.7 Å². The molecule has 9 nitrogen and oxygen atoms in total. The van der Waals surface area contributed by atoms with Gasteiger partial charge in [-0.05, 0) is 35.7 Å². The normalized spacial score (nSPS) is 13.1. The second-order valence-corrected chi connectivity index (χ2v) is 7.43. The zero-order chi connectivity index (χ0) is 21.8. The van der Waals surface area contributed by atoms with Gasteiger partial charge >= 0.3 is 0 Å². The van der Waals surface area contributed by atoms with Gasteiger partial charge in [0.15, 0.2) is 11.5 Å². The standard InChI is InChI=1S/C20H20ClN3O6/c1-11(2)18(23-19(25)13-4-5-14(21)15(8-13)24(27)28)20(26)22-9-12-3-6-16-17(7-12)30-10-29-16/h3-8,11,18H,9-10H2,1-2H3,(H,22,26)(H,23,25). The largest absolute Gasteiger partial charge is 0.454 e. The number of nitrogens with zero attached hydrogens (tertiary/aromatic N) is 1. The molecule has 0 saturated carbocycles. The molecule has 0 bridgehead atoms. The number of benzene rings is 2. The van der Waals surface area contributed by atoms with E-state index in [9.17, 15) is 19.7 Å². The molecule has 3 rings (SSSR count). The molecule has 10 heteroatoms. The molecule has 2 amide bonds. The fourth-order valence-electron chi connectivity index (χ4n) is 2.90. The number of hydrogen-bond donors (Lipinski definition) is 2. The Hall–Kier alpha value is -3.33. The lowest BCUT2D eigenvalue weighted by Gasteiger charge is -2.22. The molecule has 30 heavy (non-hydrogen) atoms. The number of amides is 2. The first-order chi connectivity index (χ1) is 14.3. The predicted octanol–water partition coefficient (Wildman–Crippen LogP) is 3.05. The molecule has 2 aromatic carbocycles. The van der Waals surface area contributed by atoms with Crippen LogP contribution >= 0.6 is 11.6 Å². The summed E-state index contributed by atoms with van der Waals surface area (Å²) < 4.78 is 10.6. The average Bonchev–Trinajstić information content (AvgIpc) is 3.17. The molecular formula is C20H20ClN3O6. The maximum atomic E-state index is 12.7. The second kappa shape index (κ2) is 9.00. The number of fused-ring (bicyclic) bond motifs is 1. The number of hydrogen-bond acceptors (Lipinski definition) is 6. The average molecular weight is 434 g/mol. The number of carbonyl (C=O) groups excluding carboxylic acids is 2. The van der Waals surface area contributed by atoms with Crippen LogP contribution < -0.4 is 20.1 Å². The summed E-state index contributed by atoms with van der Waals surface area (Å²) in [6, 6.07) is 8.24. The lowest BCUT2D eigenvalue weighted by molar-refractivity contribution is -0.384. The van der Waals surface area contributed by atoms with Crippen molar-refractivity contribution in [3.63, 3.8) is 0 Å². The highest BCUT2D eigenvalue weighted by Crippen LogP contribution is 2.32. The van der Waals surface area contributed by atoms with Crippen LogP contribution in [-0.2, 0) is 11.3 Å². The van der Waals surface area contributed by atoms with Crippen LogP contribution in [0.4, 0.5) is 5.69 Å². The molecule has 1 atom stereocenters. The molecule has 0 aromatic heterocycles. The van der Waals surface area contributed by atoms with Crippen molar-refractivity contribution in [2.24, 2.45) is 5.92 Å². The van der Waals surface area contributed by atoms with Crippen molar-refractivity contribution < 1.29 is 24.0 Å². The summed E-state index contributed by atoms with van der Waals surface area (Å²) in [6.07, 6.45) is 0. The van der Waals surface area contributed by atoms with Gasteiger partial charge in [-0.1, -0.05) is 31.5 Å². The van der Waals surface area contributed by atoms with Crippen LogP contribution in [0.2, 0.25) is 5.02 Å². The van der Waals surface area contributed by atoms with Crippen LogP contribution in [0.15, 0.2) is 36.4 Å². The van der Waals surface area contributed by atoms with E-state index in [2.05, 4.69) is 10.6 Å². The van der Waals surface area contributed by atoms with Gasteiger partial charge in [-0.15, -0.1) is 0 Å². The van der Waals surface area contributed by atoms with Crippen LogP contribution in [0.1, 0.15) is 29.8 Å². The SMILES string of the molecule is CC(C)C(NC(=O)c1ccc(Cl)c([N+](=O)[O-])c1)C(=O)NCc1ccc2c(c1)OCO2. The highest BCUT2D eigenvalue weighted by atomic mass is 35.5. The van der Waals surface area contributed by atoms with Crippen LogP contribution in [0, 0.1) is 16.0 Å². The Balaban J connectivity index is 1.66. The van der Waals surface area contributed by atoms with E-state index in [0.29, 0.717) is 11.5 Å². The Morgan fingerprint density at radius 2 is 1.90 bits per heavy atom. The number of ether oxygens (including phenoxy) is 2. The number of nitrogens with one attached hydrogen (secondary N) is 2. The van der Waals surface area contributed by atoms with E-state index in [-0.39, 0.29) is 41.4 Å². The molecule has 1 heterocycles. The molecule has 0 aliphatic carbocycles. The number of halogens is 1. The summed E-state index contributed by atoms with van der Waals surface area (Å²) in [6.45, 7) is 3.97. The Kier molecular flexibility index (Phi) is 6.41. The first-order valence-electron chi connectivity index (χ1n) is 9.17. The summed E-state index contributed by atoms with van der Waals surface area (Å²) in [4.78, 5) is 35.6. The minimum atomic E-state index is -0.832. The van der Waals surface area contributed by atoms with E-state index in [1.54, 1.807) is 26.0 Å². The maximum Gasteiger partial charge on any atom is 0.288 e. The Morgan fingerprint density at radius 1 is 1.17 bits per heavy atom. The molecule has 1 unspecified atom stereocenters. The molecular weight excluding hydrogens is 414 g/mol. The van der Waals surface area contributed by atoms with Crippen LogP contribution in [0.5, 0.6) is 11.5 Å². The van der Waals surface area contributed by atoms with Gasteiger partial charge in [-0.2, -0.15) is 0 Å². The van der Waals surface area contributed by atoms with E-state index in [1.807, 2.05) is 6.07 Å². The molecule has 158 valence electrons. The third kappa shape index (κ3) is 4.80. The summed E-state index contributed by atoms with van der Waals surface area (Å²) >= 11 is 5.78. The molecule has 2 N–H and O–H groups in total. The van der Waals surface area contributed by atoms with E-state index in [1.165, 1.54) is 12.1 Å². The number of rotatable bonds is 7. The Labute approximate surface area is 177 Å². The third-order valence-corrected chi connectivity index (χ3v) is 4.86. The van der Waals surface area contributed by atoms with Gasteiger partial charge in [0, 0.05) is 18.2 Å². The molecule has 1 aliphatic heterocycles. The third-order valence-electron chi connectivity index (χ3n) is 4.54. The molecule has 0 fully saturated rings. The summed E-state index contributed by atoms with van der Waals surface area (Å²) in [7, 11) is 0. The van der Waals surface area contributed by atoms with Gasteiger partial charge in [0.05, 0.1) is 4.92 Å². The molecule has 0 saturated heterocycles. The Morgan fingerprint density at radius 3 is 2.60 bits per heavy atom. The van der Waals surface area contributed by atoms with E-state index in [4.69, 9.17) is 21.1 Å². The zero-order valence-electron chi connectivity index (χ0n) is 16.3. The van der Waals surface area contributed by atoms with Gasteiger partial charge < -0.3 is 20.1 Å². The minimum Gasteiger partial charge on any atom is -0.454 e. The highest BCUT2D eigenvalue weighted by Gasteiger charge is 2.26. The van der Waals surface area contributed by atoms with Crippen molar-refractivity contribution in [3.05, 3.63) is 62.7 Å². The van der Waals surface area contributed by atoms with E-state index in [0.717, 1.165) is 11.6 Å². The summed E-state index contributed by atoms with van der Waals surface area (Å²) in [5.74, 6) is 0.0633. The van der Waals surface area contributed by atoms with E-state index >= 15 is 0 Å². The molecule has 2 aromatic rings. The predicted molar refractivity (Wildman–Crippen MR) is 109 cm³/mol. The summed E-state index contributed by atoms with van der Waals surface area (Å²) in [5, 5.41) is 16.4. The number of nitro groups is 1. The Bertz CT molecular complexity index is 995. The second-order valence-electron chi connectivity index (χ2n) is 7.02. The maximum absolute atomic E-state index is 12.7. The molecule has 0 spiro atoms. The zero-order valence-corrected chi connectivity index (χ0v) is 17.1. The summed E-state index contributed by atoms with van der Waals surface area (Å²) in [5.41, 5.74) is 0.479. The number of nitro benzene ring substituents is 1. The van der Waals surface area contributed by atoms with E-state index < -0.39 is 16.9 Å². The highest BCUT2D eigenvalue weighted by molar-refractivity contribution is 6.32. The van der Waals surface area contributed by atoms with Crippen molar-refractivity contribution in [2.75, 3.05) is 6.79 Å². The van der Waals surface area contributed by atoms with Gasteiger partial charge in [0.25, 0.3) is 11.6 Å². The van der Waals surface area contributed by atoms with Crippen molar-refractivity contribution in [3.8, 4) is 11.5 Å². The van der Waals surface area contributed by atoms with Crippen molar-refractivity contribution in [1.82, 2.24) is 10.6 Å². The smallest absolute Gasteiger partial charge is 0.288 e. The van der Waals surface area contributed by atoms with Crippen molar-refractivity contribution in [1.29, 1.82) is 0 Å². The minimum absolute atomic E-state index is 0.0420. The fraction of sp³-hybridized carbons (Fsp3) is 0.300. The van der Waals surface area contributed by atoms with Gasteiger partial charge in [0.1, 0.15) is 11.1 Å². The molecule has 1 aliphatic rings. The lowest BCUT2D eigenvalue weighted by Crippen LogP contribution is -2.49. The lowest BCUT2D eigenvalue weighted by atomic mass is 10.0. The van der Waals surface area contributed by atoms with Crippen LogP contribution in [0.3, 0.4) is 0 Å². The first kappa shape index (κ1) is 21.4. The fourth-order valence-corrected chi connectivity index (χ4v) is 3.09. The first-order valence-corrected chi connectivity index (χ1v) is 9.55. The van der Waals surface area contributed by atoms with Gasteiger partial charge in [-0.25, -0.2) is 0 Å². The van der Waals surface area contributed by atoms with Gasteiger partial charge in [0.2, 0.25) is 12.7 Å². The van der Waals surface area contributed by atoms with Crippen LogP contribution in [0.25, 0.3) is 0 Å². The monoisotopic (exact) mass is 433 g/mol.